The maximum Gasteiger partial charge on any atom is 0.222 e. The van der Waals surface area contributed by atoms with E-state index in [2.05, 4.69) is 24.2 Å². The second kappa shape index (κ2) is 8.53. The summed E-state index contributed by atoms with van der Waals surface area (Å²) in [6, 6.07) is 6.43. The standard InChI is InChI=1S/C25H35ClN2O2/c1-4-28(5-2)23(29)11-7-17-15-22(27-30)25(3)13-12-20-19-10-8-18(26)14-16(19)6-9-21(20)24(17)25/h8,10,14,17,20-21,24,30H,4-7,9,11-13,15H2,1-3H3/b27-22+/t17-,20?,21?,24?,25-/m1/s1. The SMILES string of the molecule is CCN(CC)C(=O)CC[C@@H]1C/C(=N\O)[C@@]2(C)CCC3c4ccc(Cl)cc4CCC3C12. The molecule has 0 spiro atoms. The highest BCUT2D eigenvalue weighted by atomic mass is 35.5. The molecule has 0 bridgehead atoms. The lowest BCUT2D eigenvalue weighted by molar-refractivity contribution is -0.131. The van der Waals surface area contributed by atoms with Crippen LogP contribution in [0.1, 0.15) is 76.3 Å². The number of carbonyl (C=O) groups excluding carboxylic acids is 1. The van der Waals surface area contributed by atoms with Crippen molar-refractivity contribution < 1.29 is 10.0 Å². The van der Waals surface area contributed by atoms with Crippen LogP contribution in [-0.2, 0) is 11.2 Å². The molecule has 0 radical (unpaired) electrons. The van der Waals surface area contributed by atoms with Crippen molar-refractivity contribution in [2.75, 3.05) is 13.1 Å². The van der Waals surface area contributed by atoms with E-state index < -0.39 is 0 Å². The van der Waals surface area contributed by atoms with Crippen LogP contribution in [-0.4, -0.2) is 34.8 Å². The molecule has 2 saturated carbocycles. The molecule has 5 atom stereocenters. The highest BCUT2D eigenvalue weighted by molar-refractivity contribution is 6.30. The molecule has 4 nitrogen and oxygen atoms in total. The first-order chi connectivity index (χ1) is 14.4. The summed E-state index contributed by atoms with van der Waals surface area (Å²) in [5, 5.41) is 14.4. The third-order valence-electron chi connectivity index (χ3n) is 8.53. The van der Waals surface area contributed by atoms with Crippen LogP contribution in [0.4, 0.5) is 0 Å². The van der Waals surface area contributed by atoms with Gasteiger partial charge in [-0.05, 0) is 99.3 Å². The van der Waals surface area contributed by atoms with Gasteiger partial charge in [-0.1, -0.05) is 29.7 Å². The Morgan fingerprint density at radius 2 is 2.07 bits per heavy atom. The molecule has 1 aromatic rings. The topological polar surface area (TPSA) is 52.9 Å². The Balaban J connectivity index is 1.60. The number of amides is 1. The average Bonchev–Trinajstić information content (AvgIpc) is 3.04. The molecule has 3 unspecified atom stereocenters. The Labute approximate surface area is 185 Å². The van der Waals surface area contributed by atoms with Crippen LogP contribution in [0, 0.1) is 23.2 Å². The van der Waals surface area contributed by atoms with Gasteiger partial charge in [0.1, 0.15) is 0 Å². The number of fused-ring (bicyclic) bond motifs is 5. The van der Waals surface area contributed by atoms with Crippen LogP contribution in [0.2, 0.25) is 5.02 Å². The lowest BCUT2D eigenvalue weighted by Crippen LogP contribution is -2.44. The van der Waals surface area contributed by atoms with E-state index in [-0.39, 0.29) is 11.3 Å². The van der Waals surface area contributed by atoms with E-state index in [1.165, 1.54) is 11.1 Å². The summed E-state index contributed by atoms with van der Waals surface area (Å²) in [5.74, 6) is 2.30. The Bertz CT molecular complexity index is 834. The Morgan fingerprint density at radius 3 is 2.77 bits per heavy atom. The summed E-state index contributed by atoms with van der Waals surface area (Å²) < 4.78 is 0. The number of halogens is 1. The highest BCUT2D eigenvalue weighted by Gasteiger charge is 2.57. The summed E-state index contributed by atoms with van der Waals surface area (Å²) in [6.45, 7) is 7.94. The average molecular weight is 431 g/mol. The van der Waals surface area contributed by atoms with Crippen molar-refractivity contribution in [1.29, 1.82) is 0 Å². The van der Waals surface area contributed by atoms with Gasteiger partial charge in [0.2, 0.25) is 5.91 Å². The van der Waals surface area contributed by atoms with E-state index in [0.29, 0.717) is 30.1 Å². The molecule has 1 N–H and O–H groups in total. The minimum atomic E-state index is -0.0389. The summed E-state index contributed by atoms with van der Waals surface area (Å²) >= 11 is 6.26. The first-order valence-electron chi connectivity index (χ1n) is 11.7. The summed E-state index contributed by atoms with van der Waals surface area (Å²) in [5.41, 5.74) is 3.82. The van der Waals surface area contributed by atoms with Crippen molar-refractivity contribution in [3.05, 3.63) is 34.3 Å². The van der Waals surface area contributed by atoms with Crippen LogP contribution in [0.5, 0.6) is 0 Å². The van der Waals surface area contributed by atoms with Gasteiger partial charge in [-0.25, -0.2) is 0 Å². The number of aryl methyl sites for hydroxylation is 1. The number of hydrogen-bond acceptors (Lipinski definition) is 3. The van der Waals surface area contributed by atoms with Crippen molar-refractivity contribution in [3.63, 3.8) is 0 Å². The van der Waals surface area contributed by atoms with Gasteiger partial charge in [0.15, 0.2) is 0 Å². The third-order valence-corrected chi connectivity index (χ3v) is 8.76. The maximum absolute atomic E-state index is 12.7. The van der Waals surface area contributed by atoms with Gasteiger partial charge in [-0.15, -0.1) is 0 Å². The first-order valence-corrected chi connectivity index (χ1v) is 12.1. The summed E-state index contributed by atoms with van der Waals surface area (Å²) in [6.07, 6.45) is 6.75. The minimum absolute atomic E-state index is 0.0389. The van der Waals surface area contributed by atoms with Gasteiger partial charge in [0.25, 0.3) is 0 Å². The number of carbonyl (C=O) groups is 1. The number of rotatable bonds is 5. The lowest BCUT2D eigenvalue weighted by Gasteiger charge is -2.50. The zero-order valence-corrected chi connectivity index (χ0v) is 19.3. The molecule has 0 aromatic heterocycles. The Hall–Kier alpha value is -1.55. The predicted octanol–water partition coefficient (Wildman–Crippen LogP) is 5.90. The minimum Gasteiger partial charge on any atom is -0.411 e. The van der Waals surface area contributed by atoms with Crippen LogP contribution in [0.25, 0.3) is 0 Å². The van der Waals surface area contributed by atoms with Crippen molar-refractivity contribution in [2.24, 2.45) is 28.3 Å². The van der Waals surface area contributed by atoms with Gasteiger partial charge in [-0.3, -0.25) is 4.79 Å². The molecule has 3 aliphatic carbocycles. The van der Waals surface area contributed by atoms with Crippen LogP contribution in [0.15, 0.2) is 23.4 Å². The number of benzene rings is 1. The fraction of sp³-hybridized carbons (Fsp3) is 0.680. The Kier molecular flexibility index (Phi) is 6.16. The second-order valence-electron chi connectivity index (χ2n) is 9.75. The van der Waals surface area contributed by atoms with E-state index in [0.717, 1.165) is 62.3 Å². The van der Waals surface area contributed by atoms with Gasteiger partial charge in [0.05, 0.1) is 5.71 Å². The summed E-state index contributed by atoms with van der Waals surface area (Å²) in [7, 11) is 0. The molecule has 0 aliphatic heterocycles. The van der Waals surface area contributed by atoms with Crippen LogP contribution in [0.3, 0.4) is 0 Å². The molecule has 5 heteroatoms. The molecule has 164 valence electrons. The largest absolute Gasteiger partial charge is 0.411 e. The maximum atomic E-state index is 12.7. The molecule has 1 aromatic carbocycles. The molecule has 0 saturated heterocycles. The van der Waals surface area contributed by atoms with E-state index in [4.69, 9.17) is 11.6 Å². The number of oxime groups is 1. The zero-order valence-electron chi connectivity index (χ0n) is 18.5. The van der Waals surface area contributed by atoms with E-state index >= 15 is 0 Å². The Morgan fingerprint density at radius 1 is 1.30 bits per heavy atom. The van der Waals surface area contributed by atoms with Crippen molar-refractivity contribution >= 4 is 23.2 Å². The zero-order chi connectivity index (χ0) is 21.5. The smallest absolute Gasteiger partial charge is 0.222 e. The molecule has 4 rings (SSSR count). The first kappa shape index (κ1) is 21.7. The molecular formula is C25H35ClN2O2. The highest BCUT2D eigenvalue weighted by Crippen LogP contribution is 2.62. The van der Waals surface area contributed by atoms with E-state index in [1.807, 2.05) is 24.8 Å². The third kappa shape index (κ3) is 3.55. The fourth-order valence-corrected chi connectivity index (χ4v) is 7.29. The fourth-order valence-electron chi connectivity index (χ4n) is 7.10. The van der Waals surface area contributed by atoms with Gasteiger partial charge in [0, 0.05) is 29.9 Å². The molecular weight excluding hydrogens is 396 g/mol. The monoisotopic (exact) mass is 430 g/mol. The molecule has 30 heavy (non-hydrogen) atoms. The van der Waals surface area contributed by atoms with Crippen molar-refractivity contribution in [2.45, 2.75) is 71.6 Å². The van der Waals surface area contributed by atoms with Crippen molar-refractivity contribution in [3.8, 4) is 0 Å². The quantitative estimate of drug-likeness (QED) is 0.467. The molecule has 0 heterocycles. The molecule has 3 aliphatic rings. The van der Waals surface area contributed by atoms with E-state index in [9.17, 15) is 10.0 Å². The number of hydrogen-bond donors (Lipinski definition) is 1. The summed E-state index contributed by atoms with van der Waals surface area (Å²) in [4.78, 5) is 14.6. The second-order valence-corrected chi connectivity index (χ2v) is 10.2. The van der Waals surface area contributed by atoms with Gasteiger partial charge >= 0.3 is 0 Å². The van der Waals surface area contributed by atoms with Gasteiger partial charge < -0.3 is 10.1 Å². The van der Waals surface area contributed by atoms with Gasteiger partial charge in [-0.2, -0.15) is 0 Å². The molecule has 1 amide bonds. The van der Waals surface area contributed by atoms with Crippen LogP contribution >= 0.6 is 11.6 Å². The lowest BCUT2D eigenvalue weighted by atomic mass is 9.54. The molecule has 2 fully saturated rings. The van der Waals surface area contributed by atoms with Crippen LogP contribution < -0.4 is 0 Å². The number of nitrogens with zero attached hydrogens (tertiary/aromatic N) is 2. The van der Waals surface area contributed by atoms with E-state index in [1.54, 1.807) is 0 Å². The normalized spacial score (nSPS) is 33.7. The predicted molar refractivity (Wildman–Crippen MR) is 121 cm³/mol. The van der Waals surface area contributed by atoms with Crippen molar-refractivity contribution in [1.82, 2.24) is 4.90 Å².